The average Bonchev–Trinajstić information content (AvgIpc) is 3.17. The van der Waals surface area contributed by atoms with Gasteiger partial charge in [0.2, 0.25) is 0 Å². The highest BCUT2D eigenvalue weighted by Crippen LogP contribution is 2.32. The van der Waals surface area contributed by atoms with Crippen molar-refractivity contribution in [2.75, 3.05) is 0 Å². The number of aromatic nitrogens is 1. The van der Waals surface area contributed by atoms with Crippen molar-refractivity contribution in [2.24, 2.45) is 5.92 Å². The fourth-order valence-electron chi connectivity index (χ4n) is 2.35. The van der Waals surface area contributed by atoms with E-state index >= 15 is 0 Å². The molecule has 1 saturated carbocycles. The minimum absolute atomic E-state index is 0.0686. The van der Waals surface area contributed by atoms with Gasteiger partial charge in [0.1, 0.15) is 6.04 Å². The minimum Gasteiger partial charge on any atom is -0.480 e. The number of aliphatic carboxylic acids is 1. The van der Waals surface area contributed by atoms with Crippen molar-refractivity contribution in [3.63, 3.8) is 0 Å². The van der Waals surface area contributed by atoms with Crippen LogP contribution < -0.4 is 5.32 Å². The van der Waals surface area contributed by atoms with Crippen LogP contribution in [0.3, 0.4) is 0 Å². The fraction of sp³-hybridized carbons (Fsp3) is 0.250. The molecule has 3 rings (SSSR count). The first-order valence-corrected chi connectivity index (χ1v) is 6.92. The molecule has 5 heteroatoms. The standard InChI is InChI=1S/C16H16N2O3/c19-15(17-14(16(20)21)11-6-7-11)12-4-3-5-13(10-12)18-8-1-2-9-18/h1-5,8-11,14H,6-7H2,(H,17,19)(H,20,21). The molecule has 1 fully saturated rings. The molecule has 1 amide bonds. The van der Waals surface area contributed by atoms with Crippen LogP contribution >= 0.6 is 0 Å². The van der Waals surface area contributed by atoms with E-state index in [0.29, 0.717) is 5.56 Å². The van der Waals surface area contributed by atoms with Crippen molar-refractivity contribution in [3.05, 3.63) is 54.4 Å². The molecule has 1 unspecified atom stereocenters. The van der Waals surface area contributed by atoms with Gasteiger partial charge in [0.25, 0.3) is 5.91 Å². The fourth-order valence-corrected chi connectivity index (χ4v) is 2.35. The summed E-state index contributed by atoms with van der Waals surface area (Å²) in [5.74, 6) is -1.24. The van der Waals surface area contributed by atoms with Crippen LogP contribution in [0.25, 0.3) is 5.69 Å². The molecule has 1 atom stereocenters. The van der Waals surface area contributed by atoms with Gasteiger partial charge < -0.3 is 15.0 Å². The van der Waals surface area contributed by atoms with Gasteiger partial charge in [-0.25, -0.2) is 4.79 Å². The quantitative estimate of drug-likeness (QED) is 0.883. The molecule has 0 radical (unpaired) electrons. The Kier molecular flexibility index (Phi) is 3.48. The lowest BCUT2D eigenvalue weighted by molar-refractivity contribution is -0.139. The summed E-state index contributed by atoms with van der Waals surface area (Å²) in [6, 6.07) is 10.1. The second-order valence-electron chi connectivity index (χ2n) is 5.27. The van der Waals surface area contributed by atoms with Crippen LogP contribution in [0.15, 0.2) is 48.8 Å². The number of benzene rings is 1. The first-order chi connectivity index (χ1) is 10.1. The Bertz CT molecular complexity index is 660. The summed E-state index contributed by atoms with van der Waals surface area (Å²) in [5.41, 5.74) is 1.33. The number of nitrogens with zero attached hydrogens (tertiary/aromatic N) is 1. The third-order valence-corrected chi connectivity index (χ3v) is 3.66. The van der Waals surface area contributed by atoms with Gasteiger partial charge in [0, 0.05) is 23.6 Å². The number of amides is 1. The van der Waals surface area contributed by atoms with E-state index in [1.165, 1.54) is 0 Å². The SMILES string of the molecule is O=C(NC(C(=O)O)C1CC1)c1cccc(-n2cccc2)c1. The lowest BCUT2D eigenvalue weighted by Gasteiger charge is -2.14. The third-order valence-electron chi connectivity index (χ3n) is 3.66. The molecule has 2 aromatic rings. The van der Waals surface area contributed by atoms with Crippen molar-refractivity contribution in [1.29, 1.82) is 0 Å². The minimum atomic E-state index is -0.965. The first-order valence-electron chi connectivity index (χ1n) is 6.92. The highest BCUT2D eigenvalue weighted by Gasteiger charge is 2.37. The normalized spacial score (nSPS) is 15.4. The Morgan fingerprint density at radius 1 is 1.19 bits per heavy atom. The van der Waals surface area contributed by atoms with E-state index in [1.807, 2.05) is 35.2 Å². The maximum absolute atomic E-state index is 12.2. The van der Waals surface area contributed by atoms with Gasteiger partial charge in [0.05, 0.1) is 0 Å². The molecule has 2 N–H and O–H groups in total. The van der Waals surface area contributed by atoms with Crippen LogP contribution in [-0.4, -0.2) is 27.6 Å². The van der Waals surface area contributed by atoms with Crippen LogP contribution in [0.5, 0.6) is 0 Å². The van der Waals surface area contributed by atoms with E-state index in [2.05, 4.69) is 5.32 Å². The van der Waals surface area contributed by atoms with Crippen LogP contribution in [0, 0.1) is 5.92 Å². The van der Waals surface area contributed by atoms with E-state index in [4.69, 9.17) is 5.11 Å². The van der Waals surface area contributed by atoms with Gasteiger partial charge in [-0.05, 0) is 49.1 Å². The topological polar surface area (TPSA) is 71.3 Å². The Hall–Kier alpha value is -2.56. The van der Waals surface area contributed by atoms with Crippen LogP contribution in [0.2, 0.25) is 0 Å². The summed E-state index contributed by atoms with van der Waals surface area (Å²) in [5, 5.41) is 11.8. The summed E-state index contributed by atoms with van der Waals surface area (Å²) in [6.45, 7) is 0. The number of nitrogens with one attached hydrogen (secondary N) is 1. The van der Waals surface area contributed by atoms with Gasteiger partial charge in [-0.1, -0.05) is 6.07 Å². The van der Waals surface area contributed by atoms with Crippen LogP contribution in [-0.2, 0) is 4.79 Å². The van der Waals surface area contributed by atoms with Crippen LogP contribution in [0.1, 0.15) is 23.2 Å². The zero-order chi connectivity index (χ0) is 14.8. The highest BCUT2D eigenvalue weighted by atomic mass is 16.4. The van der Waals surface area contributed by atoms with Gasteiger partial charge >= 0.3 is 5.97 Å². The van der Waals surface area contributed by atoms with E-state index in [1.54, 1.807) is 18.2 Å². The predicted octanol–water partition coefficient (Wildman–Crippen LogP) is 2.07. The maximum atomic E-state index is 12.2. The van der Waals surface area contributed by atoms with E-state index in [-0.39, 0.29) is 11.8 Å². The Morgan fingerprint density at radius 2 is 1.90 bits per heavy atom. The largest absolute Gasteiger partial charge is 0.480 e. The third kappa shape index (κ3) is 2.97. The van der Waals surface area contributed by atoms with Crippen molar-refractivity contribution in [3.8, 4) is 5.69 Å². The molecule has 0 aliphatic heterocycles. The molecule has 5 nitrogen and oxygen atoms in total. The molecule has 0 saturated heterocycles. The predicted molar refractivity (Wildman–Crippen MR) is 77.4 cm³/mol. The van der Waals surface area contributed by atoms with Crippen molar-refractivity contribution < 1.29 is 14.7 Å². The number of carboxylic acids is 1. The highest BCUT2D eigenvalue weighted by molar-refractivity contribution is 5.97. The molecule has 1 aliphatic rings. The van der Waals surface area contributed by atoms with Crippen molar-refractivity contribution in [2.45, 2.75) is 18.9 Å². The second kappa shape index (κ2) is 5.44. The second-order valence-corrected chi connectivity index (χ2v) is 5.27. The van der Waals surface area contributed by atoms with E-state index < -0.39 is 12.0 Å². The molecule has 108 valence electrons. The average molecular weight is 284 g/mol. The van der Waals surface area contributed by atoms with E-state index in [9.17, 15) is 9.59 Å². The van der Waals surface area contributed by atoms with Gasteiger partial charge in [-0.15, -0.1) is 0 Å². The monoisotopic (exact) mass is 284 g/mol. The Morgan fingerprint density at radius 3 is 2.52 bits per heavy atom. The molecule has 1 aromatic heterocycles. The summed E-state index contributed by atoms with van der Waals surface area (Å²) in [7, 11) is 0. The lowest BCUT2D eigenvalue weighted by atomic mass is 10.1. The number of hydrogen-bond acceptors (Lipinski definition) is 2. The molecule has 0 bridgehead atoms. The Labute approximate surface area is 122 Å². The van der Waals surface area contributed by atoms with Crippen molar-refractivity contribution in [1.82, 2.24) is 9.88 Å². The molecular weight excluding hydrogens is 268 g/mol. The molecule has 1 aliphatic carbocycles. The molecule has 0 spiro atoms. The summed E-state index contributed by atoms with van der Waals surface area (Å²) >= 11 is 0. The summed E-state index contributed by atoms with van der Waals surface area (Å²) < 4.78 is 1.90. The number of hydrogen-bond donors (Lipinski definition) is 2. The van der Waals surface area contributed by atoms with Crippen LogP contribution in [0.4, 0.5) is 0 Å². The van der Waals surface area contributed by atoms with Crippen molar-refractivity contribution >= 4 is 11.9 Å². The summed E-state index contributed by atoms with van der Waals surface area (Å²) in [6.07, 6.45) is 5.50. The molecule has 1 heterocycles. The van der Waals surface area contributed by atoms with E-state index in [0.717, 1.165) is 18.5 Å². The smallest absolute Gasteiger partial charge is 0.326 e. The number of carbonyl (C=O) groups excluding carboxylic acids is 1. The lowest BCUT2D eigenvalue weighted by Crippen LogP contribution is -2.42. The van der Waals surface area contributed by atoms with Gasteiger partial charge in [0.15, 0.2) is 0 Å². The van der Waals surface area contributed by atoms with Gasteiger partial charge in [-0.3, -0.25) is 4.79 Å². The number of rotatable bonds is 5. The maximum Gasteiger partial charge on any atom is 0.326 e. The zero-order valence-electron chi connectivity index (χ0n) is 11.4. The number of carbonyl (C=O) groups is 2. The molecular formula is C16H16N2O3. The molecule has 1 aromatic carbocycles. The molecule has 21 heavy (non-hydrogen) atoms. The number of carboxylic acid groups (broad SMARTS) is 1. The zero-order valence-corrected chi connectivity index (χ0v) is 11.4. The summed E-state index contributed by atoms with van der Waals surface area (Å²) in [4.78, 5) is 23.4. The Balaban J connectivity index is 1.78. The first kappa shape index (κ1) is 13.4. The van der Waals surface area contributed by atoms with Gasteiger partial charge in [-0.2, -0.15) is 0 Å².